The number of carbonyl (C=O) groups excluding carboxylic acids is 2. The van der Waals surface area contributed by atoms with Gasteiger partial charge in [0.15, 0.2) is 0 Å². The second-order valence-electron chi connectivity index (χ2n) is 8.68. The van der Waals surface area contributed by atoms with Gasteiger partial charge >= 0.3 is 0 Å². The summed E-state index contributed by atoms with van der Waals surface area (Å²) in [4.78, 5) is 28.5. The number of hydrogen-bond donors (Lipinski definition) is 3. The minimum atomic E-state index is -0.792. The van der Waals surface area contributed by atoms with Crippen LogP contribution >= 0.6 is 23.7 Å². The maximum absolute atomic E-state index is 12.7. The van der Waals surface area contributed by atoms with E-state index in [2.05, 4.69) is 39.9 Å². The molecule has 0 saturated carbocycles. The molecular formula is C27H44N4O3S2. The van der Waals surface area contributed by atoms with Gasteiger partial charge in [-0.15, -0.1) is 0 Å². The summed E-state index contributed by atoms with van der Waals surface area (Å²) in [6.45, 7) is 9.61. The van der Waals surface area contributed by atoms with Crippen LogP contribution in [0.5, 0.6) is 0 Å². The highest BCUT2D eigenvalue weighted by Crippen LogP contribution is 2.33. The first-order chi connectivity index (χ1) is 17.3. The van der Waals surface area contributed by atoms with Crippen molar-refractivity contribution in [3.8, 4) is 0 Å². The zero-order valence-electron chi connectivity index (χ0n) is 22.6. The standard InChI is InChI=1S/C27H44N4O3S2/c1-7-21(8-2)18-31(36-27(9-3)35-20(4)28-5)19-24(32)23(17-22-13-11-10-12-14-22)30-26(34)16-15-25(33)29-6/h9-14,21,23-24,32H,7-8,15-19H2,1-6H3,(H,29,33)(H,30,34)/b27-9-,28-20?. The minimum absolute atomic E-state index is 0.0822. The molecule has 0 aliphatic carbocycles. The number of aliphatic imine (C=N–C) groups is 1. The van der Waals surface area contributed by atoms with E-state index in [0.717, 1.165) is 34.2 Å². The number of rotatable bonds is 16. The van der Waals surface area contributed by atoms with E-state index in [4.69, 9.17) is 0 Å². The maximum Gasteiger partial charge on any atom is 0.220 e. The van der Waals surface area contributed by atoms with Gasteiger partial charge in [-0.2, -0.15) is 0 Å². The number of carbonyl (C=O) groups is 2. The van der Waals surface area contributed by atoms with Gasteiger partial charge in [0.05, 0.1) is 21.4 Å². The number of benzene rings is 1. The summed E-state index contributed by atoms with van der Waals surface area (Å²) >= 11 is 3.25. The Bertz CT molecular complexity index is 845. The van der Waals surface area contributed by atoms with E-state index < -0.39 is 12.1 Å². The highest BCUT2D eigenvalue weighted by atomic mass is 32.2. The van der Waals surface area contributed by atoms with Gasteiger partial charge in [-0.3, -0.25) is 14.6 Å². The number of nitrogens with one attached hydrogen (secondary N) is 2. The lowest BCUT2D eigenvalue weighted by Gasteiger charge is -2.31. The van der Waals surface area contributed by atoms with Crippen molar-refractivity contribution in [3.63, 3.8) is 0 Å². The lowest BCUT2D eigenvalue weighted by Crippen LogP contribution is -2.49. The molecule has 9 heteroatoms. The highest BCUT2D eigenvalue weighted by Gasteiger charge is 2.26. The Morgan fingerprint density at radius 1 is 1.11 bits per heavy atom. The van der Waals surface area contributed by atoms with E-state index in [9.17, 15) is 14.7 Å². The summed E-state index contributed by atoms with van der Waals surface area (Å²) in [6.07, 6.45) is 4.09. The molecule has 0 spiro atoms. The minimum Gasteiger partial charge on any atom is -0.390 e. The lowest BCUT2D eigenvalue weighted by molar-refractivity contribution is -0.127. The third-order valence-corrected chi connectivity index (χ3v) is 8.35. The molecule has 2 amide bonds. The number of nitrogens with zero attached hydrogens (tertiary/aromatic N) is 2. The predicted molar refractivity (Wildman–Crippen MR) is 155 cm³/mol. The fraction of sp³-hybridized carbons (Fsp3) is 0.593. The van der Waals surface area contributed by atoms with Crippen LogP contribution < -0.4 is 10.6 Å². The Hall–Kier alpha value is -1.81. The average Bonchev–Trinajstić information content (AvgIpc) is 2.89. The van der Waals surface area contributed by atoms with Crippen LogP contribution in [-0.4, -0.2) is 65.6 Å². The van der Waals surface area contributed by atoms with Gasteiger partial charge in [0.25, 0.3) is 0 Å². The molecule has 2 atom stereocenters. The number of aliphatic hydroxyl groups is 1. The Labute approximate surface area is 226 Å². The molecule has 36 heavy (non-hydrogen) atoms. The first-order valence-corrected chi connectivity index (χ1v) is 14.3. The summed E-state index contributed by atoms with van der Waals surface area (Å²) in [5.41, 5.74) is 1.03. The van der Waals surface area contributed by atoms with Crippen LogP contribution in [0, 0.1) is 5.92 Å². The van der Waals surface area contributed by atoms with E-state index in [-0.39, 0.29) is 24.7 Å². The molecule has 7 nitrogen and oxygen atoms in total. The van der Waals surface area contributed by atoms with Crippen molar-refractivity contribution in [2.24, 2.45) is 10.9 Å². The lowest BCUT2D eigenvalue weighted by atomic mass is 10.00. The van der Waals surface area contributed by atoms with E-state index in [1.165, 1.54) is 0 Å². The quantitative estimate of drug-likeness (QED) is 0.162. The van der Waals surface area contributed by atoms with Gasteiger partial charge in [-0.05, 0) is 43.7 Å². The second kappa shape index (κ2) is 18.4. The molecule has 1 rings (SSSR count). The zero-order chi connectivity index (χ0) is 26.9. The highest BCUT2D eigenvalue weighted by molar-refractivity contribution is 8.29. The zero-order valence-corrected chi connectivity index (χ0v) is 24.3. The normalized spacial score (nSPS) is 14.1. The average molecular weight is 537 g/mol. The van der Waals surface area contributed by atoms with Gasteiger partial charge < -0.3 is 15.7 Å². The molecule has 202 valence electrons. The SMILES string of the molecule is C/C=C(/SC(C)=NC)SN(CC(CC)CC)CC(O)C(Cc1ccccc1)NC(=O)CCC(=O)NC. The van der Waals surface area contributed by atoms with E-state index in [1.807, 2.05) is 44.2 Å². The van der Waals surface area contributed by atoms with Crippen molar-refractivity contribution in [3.05, 3.63) is 46.2 Å². The third-order valence-electron chi connectivity index (χ3n) is 5.99. The van der Waals surface area contributed by atoms with Gasteiger partial charge in [0.2, 0.25) is 11.8 Å². The van der Waals surface area contributed by atoms with Crippen molar-refractivity contribution in [1.29, 1.82) is 0 Å². The van der Waals surface area contributed by atoms with Crippen molar-refractivity contribution >= 4 is 40.6 Å². The molecule has 3 N–H and O–H groups in total. The molecule has 0 bridgehead atoms. The van der Waals surface area contributed by atoms with Crippen LogP contribution in [0.2, 0.25) is 0 Å². The Morgan fingerprint density at radius 3 is 2.31 bits per heavy atom. The van der Waals surface area contributed by atoms with Gasteiger partial charge in [-0.25, -0.2) is 4.31 Å². The first kappa shape index (κ1) is 32.2. The fourth-order valence-electron chi connectivity index (χ4n) is 3.55. The molecule has 0 saturated heterocycles. The maximum atomic E-state index is 12.7. The predicted octanol–water partition coefficient (Wildman–Crippen LogP) is 4.63. The van der Waals surface area contributed by atoms with E-state index >= 15 is 0 Å². The van der Waals surface area contributed by atoms with Crippen LogP contribution in [0.3, 0.4) is 0 Å². The summed E-state index contributed by atoms with van der Waals surface area (Å²) < 4.78 is 3.31. The topological polar surface area (TPSA) is 94.0 Å². The monoisotopic (exact) mass is 536 g/mol. The molecule has 2 unspecified atom stereocenters. The van der Waals surface area contributed by atoms with Crippen molar-refractivity contribution < 1.29 is 14.7 Å². The molecule has 1 aromatic rings. The van der Waals surface area contributed by atoms with Crippen molar-refractivity contribution in [2.45, 2.75) is 71.9 Å². The Morgan fingerprint density at radius 2 is 1.75 bits per heavy atom. The van der Waals surface area contributed by atoms with Crippen molar-refractivity contribution in [2.75, 3.05) is 27.2 Å². The number of amides is 2. The summed E-state index contributed by atoms with van der Waals surface area (Å²) in [7, 11) is 3.34. The summed E-state index contributed by atoms with van der Waals surface area (Å²) in [5, 5.41) is 17.9. The fourth-order valence-corrected chi connectivity index (χ4v) is 5.75. The van der Waals surface area contributed by atoms with Gasteiger partial charge in [-0.1, -0.05) is 74.9 Å². The number of hydrogen-bond acceptors (Lipinski definition) is 7. The number of thioether (sulfide) groups is 1. The molecule has 1 aromatic carbocycles. The molecular weight excluding hydrogens is 492 g/mol. The summed E-state index contributed by atoms with van der Waals surface area (Å²) in [5.74, 6) is 0.0843. The third kappa shape index (κ3) is 12.9. The molecule has 0 radical (unpaired) electrons. The second-order valence-corrected chi connectivity index (χ2v) is 11.3. The Balaban J connectivity index is 3.06. The van der Waals surface area contributed by atoms with E-state index in [0.29, 0.717) is 18.9 Å². The van der Waals surface area contributed by atoms with Crippen LogP contribution in [-0.2, 0) is 16.0 Å². The molecule has 0 aliphatic heterocycles. The number of allylic oxidation sites excluding steroid dienone is 1. The molecule has 0 heterocycles. The molecule has 0 fully saturated rings. The van der Waals surface area contributed by atoms with Gasteiger partial charge in [0, 0.05) is 40.0 Å². The van der Waals surface area contributed by atoms with Crippen LogP contribution in [0.4, 0.5) is 0 Å². The van der Waals surface area contributed by atoms with Crippen molar-refractivity contribution in [1.82, 2.24) is 14.9 Å². The summed E-state index contributed by atoms with van der Waals surface area (Å²) in [6, 6.07) is 9.37. The molecule has 0 aromatic heterocycles. The van der Waals surface area contributed by atoms with Gasteiger partial charge in [0.1, 0.15) is 0 Å². The number of aliphatic hydroxyl groups excluding tert-OH is 1. The van der Waals surface area contributed by atoms with Crippen LogP contribution in [0.25, 0.3) is 0 Å². The molecule has 0 aliphatic rings. The van der Waals surface area contributed by atoms with E-state index in [1.54, 1.807) is 37.8 Å². The largest absolute Gasteiger partial charge is 0.390 e. The Kier molecular flexibility index (Phi) is 16.5. The van der Waals surface area contributed by atoms with Crippen LogP contribution in [0.15, 0.2) is 45.6 Å². The first-order valence-electron chi connectivity index (χ1n) is 12.7. The smallest absolute Gasteiger partial charge is 0.220 e. The van der Waals surface area contributed by atoms with Crippen LogP contribution in [0.1, 0.15) is 58.9 Å².